The van der Waals surface area contributed by atoms with Gasteiger partial charge >= 0.3 is 0 Å². The maximum absolute atomic E-state index is 11.9. The third kappa shape index (κ3) is 6.10. The quantitative estimate of drug-likeness (QED) is 0.536. The minimum atomic E-state index is -0.321. The SMILES string of the molecule is COc1ccc(C=NNC(=O)COc2ccc(C(C)(C)C)cc2C)cc1Br. The molecule has 1 amide bonds. The van der Waals surface area contributed by atoms with Crippen LogP contribution in [-0.2, 0) is 10.2 Å². The summed E-state index contributed by atoms with van der Waals surface area (Å²) in [6.45, 7) is 8.36. The van der Waals surface area contributed by atoms with Gasteiger partial charge in [-0.25, -0.2) is 5.43 Å². The molecule has 0 aliphatic carbocycles. The summed E-state index contributed by atoms with van der Waals surface area (Å²) in [5, 5.41) is 3.95. The van der Waals surface area contributed by atoms with Crippen LogP contribution in [0.4, 0.5) is 0 Å². The van der Waals surface area contributed by atoms with Crippen molar-refractivity contribution in [2.24, 2.45) is 5.10 Å². The van der Waals surface area contributed by atoms with E-state index in [4.69, 9.17) is 9.47 Å². The lowest BCUT2D eigenvalue weighted by Gasteiger charge is -2.20. The van der Waals surface area contributed by atoms with Crippen LogP contribution in [0.1, 0.15) is 37.5 Å². The van der Waals surface area contributed by atoms with E-state index in [2.05, 4.69) is 53.3 Å². The van der Waals surface area contributed by atoms with Gasteiger partial charge in [0.2, 0.25) is 0 Å². The molecular formula is C21H25BrN2O3. The van der Waals surface area contributed by atoms with E-state index in [0.717, 1.165) is 21.3 Å². The molecule has 2 aromatic carbocycles. The van der Waals surface area contributed by atoms with Gasteiger partial charge in [-0.3, -0.25) is 4.79 Å². The molecular weight excluding hydrogens is 408 g/mol. The van der Waals surface area contributed by atoms with Crippen molar-refractivity contribution in [2.45, 2.75) is 33.1 Å². The van der Waals surface area contributed by atoms with E-state index in [1.807, 2.05) is 37.3 Å². The number of methoxy groups -OCH3 is 1. The second-order valence-electron chi connectivity index (χ2n) is 7.21. The van der Waals surface area contributed by atoms with Crippen LogP contribution in [0.5, 0.6) is 11.5 Å². The highest BCUT2D eigenvalue weighted by atomic mass is 79.9. The third-order valence-electron chi connectivity index (χ3n) is 3.98. The Morgan fingerprint density at radius 3 is 2.48 bits per heavy atom. The lowest BCUT2D eigenvalue weighted by atomic mass is 9.86. The second-order valence-corrected chi connectivity index (χ2v) is 8.06. The van der Waals surface area contributed by atoms with Crippen LogP contribution in [0.3, 0.4) is 0 Å². The number of carbonyl (C=O) groups excluding carboxylic acids is 1. The minimum absolute atomic E-state index is 0.0752. The van der Waals surface area contributed by atoms with Crippen molar-refractivity contribution >= 4 is 28.1 Å². The zero-order chi connectivity index (χ0) is 20.0. The van der Waals surface area contributed by atoms with E-state index in [-0.39, 0.29) is 17.9 Å². The fourth-order valence-corrected chi connectivity index (χ4v) is 2.95. The molecule has 6 heteroatoms. The first-order chi connectivity index (χ1) is 12.7. The lowest BCUT2D eigenvalue weighted by Crippen LogP contribution is -2.24. The van der Waals surface area contributed by atoms with Crippen molar-refractivity contribution in [2.75, 3.05) is 13.7 Å². The average Bonchev–Trinajstić information content (AvgIpc) is 2.60. The van der Waals surface area contributed by atoms with Crippen LogP contribution in [0.2, 0.25) is 0 Å². The zero-order valence-corrected chi connectivity index (χ0v) is 17.9. The number of ether oxygens (including phenoxy) is 2. The normalized spacial score (nSPS) is 11.5. The maximum Gasteiger partial charge on any atom is 0.277 e. The molecule has 5 nitrogen and oxygen atoms in total. The van der Waals surface area contributed by atoms with Crippen molar-refractivity contribution in [3.8, 4) is 11.5 Å². The van der Waals surface area contributed by atoms with Crippen LogP contribution < -0.4 is 14.9 Å². The molecule has 0 saturated carbocycles. The molecule has 0 saturated heterocycles. The van der Waals surface area contributed by atoms with E-state index < -0.39 is 0 Å². The number of halogens is 1. The maximum atomic E-state index is 11.9. The number of hydrogen-bond donors (Lipinski definition) is 1. The smallest absolute Gasteiger partial charge is 0.277 e. The van der Waals surface area contributed by atoms with Gasteiger partial charge in [0, 0.05) is 0 Å². The van der Waals surface area contributed by atoms with Crippen LogP contribution in [0.15, 0.2) is 46.0 Å². The Labute approximate surface area is 168 Å². The van der Waals surface area contributed by atoms with Gasteiger partial charge in [0.25, 0.3) is 5.91 Å². The second kappa shape index (κ2) is 9.04. The zero-order valence-electron chi connectivity index (χ0n) is 16.3. The van der Waals surface area contributed by atoms with Crippen molar-refractivity contribution in [1.82, 2.24) is 5.43 Å². The summed E-state index contributed by atoms with van der Waals surface area (Å²) in [5.74, 6) is 1.11. The van der Waals surface area contributed by atoms with Gasteiger partial charge in [0.05, 0.1) is 17.8 Å². The Morgan fingerprint density at radius 2 is 1.89 bits per heavy atom. The minimum Gasteiger partial charge on any atom is -0.496 e. The molecule has 2 aromatic rings. The fourth-order valence-electron chi connectivity index (χ4n) is 2.40. The third-order valence-corrected chi connectivity index (χ3v) is 4.60. The Morgan fingerprint density at radius 1 is 1.19 bits per heavy atom. The largest absolute Gasteiger partial charge is 0.496 e. The molecule has 0 unspecified atom stereocenters. The number of amides is 1. The Hall–Kier alpha value is -2.34. The first kappa shape index (κ1) is 21.0. The number of aryl methyl sites for hydroxylation is 1. The van der Waals surface area contributed by atoms with Gasteiger partial charge in [0.1, 0.15) is 11.5 Å². The molecule has 27 heavy (non-hydrogen) atoms. The van der Waals surface area contributed by atoms with Crippen molar-refractivity contribution in [3.63, 3.8) is 0 Å². The van der Waals surface area contributed by atoms with Crippen LogP contribution in [0, 0.1) is 6.92 Å². The monoisotopic (exact) mass is 432 g/mol. The molecule has 0 atom stereocenters. The molecule has 0 heterocycles. The molecule has 0 aliphatic rings. The summed E-state index contributed by atoms with van der Waals surface area (Å²) >= 11 is 3.41. The lowest BCUT2D eigenvalue weighted by molar-refractivity contribution is -0.123. The number of nitrogens with zero attached hydrogens (tertiary/aromatic N) is 1. The molecule has 0 fully saturated rings. The Kier molecular flexibility index (Phi) is 7.02. The van der Waals surface area contributed by atoms with Gasteiger partial charge in [0.15, 0.2) is 6.61 Å². The number of hydrazone groups is 1. The molecule has 0 spiro atoms. The Bertz CT molecular complexity index is 842. The summed E-state index contributed by atoms with van der Waals surface area (Å²) in [4.78, 5) is 11.9. The van der Waals surface area contributed by atoms with E-state index in [1.54, 1.807) is 13.3 Å². The summed E-state index contributed by atoms with van der Waals surface area (Å²) in [5.41, 5.74) is 5.60. The van der Waals surface area contributed by atoms with Crippen LogP contribution >= 0.6 is 15.9 Å². The number of hydrogen-bond acceptors (Lipinski definition) is 4. The first-order valence-electron chi connectivity index (χ1n) is 8.60. The topological polar surface area (TPSA) is 59.9 Å². The predicted octanol–water partition coefficient (Wildman–Crippen LogP) is 4.59. The molecule has 0 bridgehead atoms. The van der Waals surface area contributed by atoms with Gasteiger partial charge in [-0.2, -0.15) is 5.10 Å². The van der Waals surface area contributed by atoms with Crippen molar-refractivity contribution in [1.29, 1.82) is 0 Å². The van der Waals surface area contributed by atoms with Crippen molar-refractivity contribution < 1.29 is 14.3 Å². The van der Waals surface area contributed by atoms with Crippen LogP contribution in [0.25, 0.3) is 0 Å². The summed E-state index contributed by atoms with van der Waals surface area (Å²) < 4.78 is 11.6. The van der Waals surface area contributed by atoms with Crippen molar-refractivity contribution in [3.05, 3.63) is 57.6 Å². The van der Waals surface area contributed by atoms with E-state index in [1.165, 1.54) is 5.56 Å². The first-order valence-corrected chi connectivity index (χ1v) is 9.39. The Balaban J connectivity index is 1.88. The van der Waals surface area contributed by atoms with Gasteiger partial charge in [-0.1, -0.05) is 32.9 Å². The summed E-state index contributed by atoms with van der Waals surface area (Å²) in [6.07, 6.45) is 1.56. The average molecular weight is 433 g/mol. The number of benzene rings is 2. The molecule has 0 aliphatic heterocycles. The summed E-state index contributed by atoms with van der Waals surface area (Å²) in [6, 6.07) is 11.5. The highest BCUT2D eigenvalue weighted by molar-refractivity contribution is 9.10. The molecule has 0 aromatic heterocycles. The highest BCUT2D eigenvalue weighted by Crippen LogP contribution is 2.27. The van der Waals surface area contributed by atoms with Gasteiger partial charge < -0.3 is 9.47 Å². The van der Waals surface area contributed by atoms with E-state index in [9.17, 15) is 4.79 Å². The van der Waals surface area contributed by atoms with Gasteiger partial charge in [-0.05, 0) is 69.2 Å². The molecule has 2 rings (SSSR count). The standard InChI is InChI=1S/C21H25BrN2O3/c1-14-10-16(21(2,3)4)7-9-18(14)27-13-20(25)24-23-12-15-6-8-19(26-5)17(22)11-15/h6-12H,13H2,1-5H3,(H,24,25). The van der Waals surface area contributed by atoms with E-state index in [0.29, 0.717) is 5.75 Å². The number of carbonyl (C=O) groups is 1. The molecule has 0 radical (unpaired) electrons. The fraction of sp³-hybridized carbons (Fsp3) is 0.333. The summed E-state index contributed by atoms with van der Waals surface area (Å²) in [7, 11) is 1.60. The van der Waals surface area contributed by atoms with Gasteiger partial charge in [-0.15, -0.1) is 0 Å². The molecule has 1 N–H and O–H groups in total. The molecule has 144 valence electrons. The highest BCUT2D eigenvalue weighted by Gasteiger charge is 2.15. The number of nitrogens with one attached hydrogen (secondary N) is 1. The van der Waals surface area contributed by atoms with E-state index >= 15 is 0 Å². The predicted molar refractivity (Wildman–Crippen MR) is 112 cm³/mol. The number of rotatable bonds is 6. The van der Waals surface area contributed by atoms with Crippen LogP contribution in [-0.4, -0.2) is 25.8 Å².